The third-order valence-electron chi connectivity index (χ3n) is 4.17. The van der Waals surface area contributed by atoms with Crippen LogP contribution in [0.25, 0.3) is 0 Å². The zero-order valence-corrected chi connectivity index (χ0v) is 14.0. The maximum atomic E-state index is 13.3. The SMILES string of the molecule is Cc1ccc(N2C(=O)CSC2c2ccccc2C(F)(F)F)cc1C. The van der Waals surface area contributed by atoms with Crippen LogP contribution >= 0.6 is 11.8 Å². The molecule has 126 valence electrons. The standard InChI is InChI=1S/C18H16F3NOS/c1-11-7-8-13(9-12(11)2)22-16(23)10-24-17(22)14-5-3-4-6-15(14)18(19,20)21/h3-9,17H,10H2,1-2H3. The molecule has 1 unspecified atom stereocenters. The van der Waals surface area contributed by atoms with Crippen molar-refractivity contribution in [2.24, 2.45) is 0 Å². The molecule has 1 fully saturated rings. The van der Waals surface area contributed by atoms with Crippen LogP contribution in [0.15, 0.2) is 42.5 Å². The second-order valence-corrected chi connectivity index (χ2v) is 6.85. The summed E-state index contributed by atoms with van der Waals surface area (Å²) in [4.78, 5) is 13.8. The Kier molecular flexibility index (Phi) is 4.34. The number of carbonyl (C=O) groups is 1. The van der Waals surface area contributed by atoms with Crippen molar-refractivity contribution in [3.8, 4) is 0 Å². The van der Waals surface area contributed by atoms with Crippen LogP contribution in [0.2, 0.25) is 0 Å². The zero-order chi connectivity index (χ0) is 17.5. The average Bonchev–Trinajstić information content (AvgIpc) is 2.91. The normalized spacial score (nSPS) is 18.3. The number of amides is 1. The highest BCUT2D eigenvalue weighted by molar-refractivity contribution is 8.00. The number of rotatable bonds is 2. The molecular formula is C18H16F3NOS. The van der Waals surface area contributed by atoms with Crippen molar-refractivity contribution in [2.45, 2.75) is 25.4 Å². The Morgan fingerprint density at radius 1 is 1.08 bits per heavy atom. The van der Waals surface area contributed by atoms with E-state index in [9.17, 15) is 18.0 Å². The molecule has 6 heteroatoms. The van der Waals surface area contributed by atoms with E-state index in [1.54, 1.807) is 12.1 Å². The van der Waals surface area contributed by atoms with Gasteiger partial charge in [-0.15, -0.1) is 11.8 Å². The first kappa shape index (κ1) is 16.9. The quantitative estimate of drug-likeness (QED) is 0.750. The van der Waals surface area contributed by atoms with Gasteiger partial charge in [0.05, 0.1) is 11.3 Å². The number of aryl methyl sites for hydroxylation is 2. The van der Waals surface area contributed by atoms with Crippen molar-refractivity contribution in [3.05, 3.63) is 64.7 Å². The van der Waals surface area contributed by atoms with Gasteiger partial charge in [0, 0.05) is 5.69 Å². The Morgan fingerprint density at radius 3 is 2.46 bits per heavy atom. The number of anilines is 1. The van der Waals surface area contributed by atoms with E-state index in [0.717, 1.165) is 17.2 Å². The Labute approximate surface area is 142 Å². The molecule has 0 aliphatic carbocycles. The number of halogens is 3. The maximum Gasteiger partial charge on any atom is 0.416 e. The van der Waals surface area contributed by atoms with E-state index < -0.39 is 17.1 Å². The molecule has 2 aromatic rings. The molecule has 24 heavy (non-hydrogen) atoms. The first-order valence-electron chi connectivity index (χ1n) is 7.46. The Hall–Kier alpha value is -1.95. The largest absolute Gasteiger partial charge is 0.416 e. The van der Waals surface area contributed by atoms with Gasteiger partial charge in [-0.05, 0) is 48.7 Å². The van der Waals surface area contributed by atoms with Gasteiger partial charge in [-0.1, -0.05) is 24.3 Å². The minimum atomic E-state index is -4.45. The van der Waals surface area contributed by atoms with Gasteiger partial charge in [0.15, 0.2) is 0 Å². The average molecular weight is 351 g/mol. The molecule has 1 heterocycles. The fourth-order valence-electron chi connectivity index (χ4n) is 2.78. The second kappa shape index (κ2) is 6.16. The zero-order valence-electron chi connectivity index (χ0n) is 13.2. The lowest BCUT2D eigenvalue weighted by Crippen LogP contribution is -2.29. The van der Waals surface area contributed by atoms with Crippen LogP contribution in [0, 0.1) is 13.8 Å². The van der Waals surface area contributed by atoms with E-state index >= 15 is 0 Å². The summed E-state index contributed by atoms with van der Waals surface area (Å²) in [7, 11) is 0. The molecule has 2 nitrogen and oxygen atoms in total. The summed E-state index contributed by atoms with van der Waals surface area (Å²) in [5.41, 5.74) is 2.14. The molecule has 1 atom stereocenters. The lowest BCUT2D eigenvalue weighted by molar-refractivity contribution is -0.138. The fourth-order valence-corrected chi connectivity index (χ4v) is 3.99. The summed E-state index contributed by atoms with van der Waals surface area (Å²) in [6.07, 6.45) is -4.45. The van der Waals surface area contributed by atoms with Crippen LogP contribution < -0.4 is 4.90 Å². The molecule has 1 aliphatic heterocycles. The van der Waals surface area contributed by atoms with E-state index in [-0.39, 0.29) is 17.2 Å². The number of benzene rings is 2. The van der Waals surface area contributed by atoms with Crippen molar-refractivity contribution >= 4 is 23.4 Å². The summed E-state index contributed by atoms with van der Waals surface area (Å²) in [6.45, 7) is 3.88. The van der Waals surface area contributed by atoms with Gasteiger partial charge in [-0.3, -0.25) is 9.69 Å². The molecule has 0 spiro atoms. The molecule has 1 amide bonds. The molecule has 0 aromatic heterocycles. The highest BCUT2D eigenvalue weighted by Crippen LogP contribution is 2.46. The first-order valence-corrected chi connectivity index (χ1v) is 8.51. The maximum absolute atomic E-state index is 13.3. The van der Waals surface area contributed by atoms with E-state index in [1.807, 2.05) is 26.0 Å². The summed E-state index contributed by atoms with van der Waals surface area (Å²) in [5, 5.41) is -0.669. The van der Waals surface area contributed by atoms with Crippen LogP contribution in [0.4, 0.5) is 18.9 Å². The Balaban J connectivity index is 2.08. The minimum absolute atomic E-state index is 0.124. The van der Waals surface area contributed by atoms with E-state index in [0.29, 0.717) is 5.69 Å². The number of thioether (sulfide) groups is 1. The lowest BCUT2D eigenvalue weighted by atomic mass is 10.0. The topological polar surface area (TPSA) is 20.3 Å². The van der Waals surface area contributed by atoms with Crippen molar-refractivity contribution in [3.63, 3.8) is 0 Å². The summed E-state index contributed by atoms with van der Waals surface area (Å²) < 4.78 is 40.0. The Morgan fingerprint density at radius 2 is 1.79 bits per heavy atom. The van der Waals surface area contributed by atoms with Crippen molar-refractivity contribution in [1.29, 1.82) is 0 Å². The predicted molar refractivity (Wildman–Crippen MR) is 90.0 cm³/mol. The number of carbonyl (C=O) groups excluding carboxylic acids is 1. The van der Waals surface area contributed by atoms with Crippen molar-refractivity contribution < 1.29 is 18.0 Å². The van der Waals surface area contributed by atoms with Gasteiger partial charge in [-0.25, -0.2) is 0 Å². The van der Waals surface area contributed by atoms with Gasteiger partial charge in [0.1, 0.15) is 5.37 Å². The smallest absolute Gasteiger partial charge is 0.295 e. The third-order valence-corrected chi connectivity index (χ3v) is 5.36. The lowest BCUT2D eigenvalue weighted by Gasteiger charge is -2.27. The molecule has 0 bridgehead atoms. The molecular weight excluding hydrogens is 335 g/mol. The van der Waals surface area contributed by atoms with E-state index in [4.69, 9.17) is 0 Å². The molecule has 3 rings (SSSR count). The highest BCUT2D eigenvalue weighted by Gasteiger charge is 2.40. The first-order chi connectivity index (χ1) is 11.3. The minimum Gasteiger partial charge on any atom is -0.295 e. The van der Waals surface area contributed by atoms with Gasteiger partial charge in [0.2, 0.25) is 5.91 Å². The number of alkyl halides is 3. The van der Waals surface area contributed by atoms with E-state index in [1.165, 1.54) is 28.8 Å². The molecule has 0 radical (unpaired) electrons. The summed E-state index contributed by atoms with van der Waals surface area (Å²) in [5.74, 6) is -0.00529. The molecule has 0 N–H and O–H groups in total. The second-order valence-electron chi connectivity index (χ2n) is 5.78. The highest BCUT2D eigenvalue weighted by atomic mass is 32.2. The third kappa shape index (κ3) is 3.02. The van der Waals surface area contributed by atoms with Gasteiger partial charge < -0.3 is 0 Å². The van der Waals surface area contributed by atoms with Crippen molar-refractivity contribution in [1.82, 2.24) is 0 Å². The van der Waals surface area contributed by atoms with Crippen LogP contribution in [0.1, 0.15) is 27.6 Å². The predicted octanol–water partition coefficient (Wildman–Crippen LogP) is 5.10. The van der Waals surface area contributed by atoms with Crippen LogP contribution in [-0.2, 0) is 11.0 Å². The van der Waals surface area contributed by atoms with Crippen LogP contribution in [0.5, 0.6) is 0 Å². The fraction of sp³-hybridized carbons (Fsp3) is 0.278. The number of hydrogen-bond donors (Lipinski definition) is 0. The number of hydrogen-bond acceptors (Lipinski definition) is 2. The molecule has 1 aliphatic rings. The van der Waals surface area contributed by atoms with Gasteiger partial charge in [-0.2, -0.15) is 13.2 Å². The molecule has 1 saturated heterocycles. The van der Waals surface area contributed by atoms with Crippen LogP contribution in [-0.4, -0.2) is 11.7 Å². The molecule has 0 saturated carbocycles. The monoisotopic (exact) mass is 351 g/mol. The van der Waals surface area contributed by atoms with Gasteiger partial charge in [0.25, 0.3) is 0 Å². The summed E-state index contributed by atoms with van der Waals surface area (Å²) in [6, 6.07) is 11.0. The van der Waals surface area contributed by atoms with Crippen molar-refractivity contribution in [2.75, 3.05) is 10.7 Å². The Bertz CT molecular complexity index is 788. The number of nitrogens with zero attached hydrogens (tertiary/aromatic N) is 1. The van der Waals surface area contributed by atoms with E-state index in [2.05, 4.69) is 0 Å². The van der Waals surface area contributed by atoms with Gasteiger partial charge >= 0.3 is 6.18 Å². The summed E-state index contributed by atoms with van der Waals surface area (Å²) >= 11 is 1.22. The molecule has 2 aromatic carbocycles. The van der Waals surface area contributed by atoms with Crippen LogP contribution in [0.3, 0.4) is 0 Å².